The zero-order valence-corrected chi connectivity index (χ0v) is 11.4. The van der Waals surface area contributed by atoms with Crippen molar-refractivity contribution in [2.75, 3.05) is 20.8 Å². The number of rotatable bonds is 5. The summed E-state index contributed by atoms with van der Waals surface area (Å²) in [5.74, 6) is 0.950. The van der Waals surface area contributed by atoms with Gasteiger partial charge in [-0.25, -0.2) is 0 Å². The van der Waals surface area contributed by atoms with E-state index in [0.29, 0.717) is 6.54 Å². The number of hydrogen-bond donors (Lipinski definition) is 1. The highest BCUT2D eigenvalue weighted by Gasteiger charge is 2.40. The number of para-hydroxylation sites is 1. The van der Waals surface area contributed by atoms with Gasteiger partial charge in [0.2, 0.25) is 0 Å². The summed E-state index contributed by atoms with van der Waals surface area (Å²) in [7, 11) is 3.28. The van der Waals surface area contributed by atoms with E-state index in [1.165, 1.54) is 5.56 Å². The molecule has 1 aromatic carbocycles. The van der Waals surface area contributed by atoms with Crippen LogP contribution in [0, 0.1) is 0 Å². The van der Waals surface area contributed by atoms with Crippen molar-refractivity contribution in [3.05, 3.63) is 29.8 Å². The molecule has 18 heavy (non-hydrogen) atoms. The molecule has 0 fully saturated rings. The Morgan fingerprint density at radius 2 is 1.94 bits per heavy atom. The molecule has 1 unspecified atom stereocenters. The minimum atomic E-state index is -0.268. The minimum Gasteiger partial charge on any atom is -0.486 e. The van der Waals surface area contributed by atoms with Crippen molar-refractivity contribution in [3.8, 4) is 5.75 Å². The molecule has 0 spiro atoms. The lowest BCUT2D eigenvalue weighted by atomic mass is 9.94. The second-order valence-electron chi connectivity index (χ2n) is 4.99. The number of fused-ring (bicyclic) bond motifs is 1. The van der Waals surface area contributed by atoms with Gasteiger partial charge >= 0.3 is 0 Å². The van der Waals surface area contributed by atoms with Gasteiger partial charge in [-0.2, -0.15) is 0 Å². The summed E-state index contributed by atoms with van der Waals surface area (Å²) < 4.78 is 16.3. The van der Waals surface area contributed by atoms with E-state index < -0.39 is 0 Å². The number of ether oxygens (including phenoxy) is 3. The monoisotopic (exact) mass is 251 g/mol. The van der Waals surface area contributed by atoms with Crippen LogP contribution in [0.3, 0.4) is 0 Å². The third-order valence-electron chi connectivity index (χ3n) is 3.31. The van der Waals surface area contributed by atoms with Crippen LogP contribution in [0.15, 0.2) is 24.3 Å². The molecule has 1 aliphatic heterocycles. The van der Waals surface area contributed by atoms with Crippen LogP contribution in [0.25, 0.3) is 0 Å². The molecule has 0 radical (unpaired) electrons. The first-order valence-electron chi connectivity index (χ1n) is 6.15. The first-order valence-corrected chi connectivity index (χ1v) is 6.15. The van der Waals surface area contributed by atoms with E-state index in [0.717, 1.165) is 5.75 Å². The molecule has 0 saturated heterocycles. The van der Waals surface area contributed by atoms with Crippen LogP contribution in [0.1, 0.15) is 25.5 Å². The van der Waals surface area contributed by atoms with Crippen molar-refractivity contribution in [1.82, 2.24) is 5.32 Å². The Hall–Kier alpha value is -1.10. The second kappa shape index (κ2) is 5.26. The van der Waals surface area contributed by atoms with Gasteiger partial charge in [0.05, 0.1) is 6.04 Å². The Balaban J connectivity index is 2.11. The van der Waals surface area contributed by atoms with E-state index in [-0.39, 0.29) is 17.9 Å². The summed E-state index contributed by atoms with van der Waals surface area (Å²) in [5.41, 5.74) is 0.920. The maximum Gasteiger partial charge on any atom is 0.169 e. The Morgan fingerprint density at radius 1 is 1.28 bits per heavy atom. The number of methoxy groups -OCH3 is 2. The molecular weight excluding hydrogens is 230 g/mol. The minimum absolute atomic E-state index is 0.140. The lowest BCUT2D eigenvalue weighted by Crippen LogP contribution is -2.42. The van der Waals surface area contributed by atoms with Crippen LogP contribution < -0.4 is 10.1 Å². The molecule has 0 bridgehead atoms. The first kappa shape index (κ1) is 13.3. The number of benzene rings is 1. The van der Waals surface area contributed by atoms with E-state index in [2.05, 4.69) is 25.2 Å². The molecule has 0 amide bonds. The fraction of sp³-hybridized carbons (Fsp3) is 0.571. The summed E-state index contributed by atoms with van der Waals surface area (Å²) in [6, 6.07) is 8.26. The van der Waals surface area contributed by atoms with Crippen molar-refractivity contribution >= 4 is 0 Å². The highest BCUT2D eigenvalue weighted by molar-refractivity contribution is 5.42. The predicted molar refractivity (Wildman–Crippen MR) is 69.7 cm³/mol. The molecule has 4 heteroatoms. The van der Waals surface area contributed by atoms with E-state index in [1.54, 1.807) is 14.2 Å². The van der Waals surface area contributed by atoms with Crippen LogP contribution >= 0.6 is 0 Å². The fourth-order valence-corrected chi connectivity index (χ4v) is 2.36. The molecule has 2 rings (SSSR count). The van der Waals surface area contributed by atoms with Gasteiger partial charge in [-0.05, 0) is 19.9 Å². The normalized spacial score (nSPS) is 20.8. The lowest BCUT2D eigenvalue weighted by Gasteiger charge is -2.28. The van der Waals surface area contributed by atoms with E-state index in [1.807, 2.05) is 18.2 Å². The average Bonchev–Trinajstić information content (AvgIpc) is 2.61. The Kier molecular flexibility index (Phi) is 3.90. The highest BCUT2D eigenvalue weighted by Crippen LogP contribution is 2.42. The van der Waals surface area contributed by atoms with E-state index in [4.69, 9.17) is 14.2 Å². The molecule has 0 aromatic heterocycles. The average molecular weight is 251 g/mol. The van der Waals surface area contributed by atoms with Gasteiger partial charge in [0.15, 0.2) is 6.29 Å². The summed E-state index contributed by atoms with van der Waals surface area (Å²) in [6.07, 6.45) is -0.242. The predicted octanol–water partition coefficient (Wildman–Crippen LogP) is 2.11. The summed E-state index contributed by atoms with van der Waals surface area (Å²) in [4.78, 5) is 0. The van der Waals surface area contributed by atoms with Gasteiger partial charge in [-0.3, -0.25) is 0 Å². The fourth-order valence-electron chi connectivity index (χ4n) is 2.36. The largest absolute Gasteiger partial charge is 0.486 e. The maximum atomic E-state index is 5.96. The third-order valence-corrected chi connectivity index (χ3v) is 3.31. The van der Waals surface area contributed by atoms with Crippen molar-refractivity contribution < 1.29 is 14.2 Å². The zero-order chi connectivity index (χ0) is 13.2. The smallest absolute Gasteiger partial charge is 0.169 e. The van der Waals surface area contributed by atoms with Crippen molar-refractivity contribution in [2.24, 2.45) is 0 Å². The zero-order valence-electron chi connectivity index (χ0n) is 11.4. The summed E-state index contributed by atoms with van der Waals surface area (Å²) >= 11 is 0. The van der Waals surface area contributed by atoms with Crippen molar-refractivity contribution in [3.63, 3.8) is 0 Å². The molecule has 0 aliphatic carbocycles. The molecule has 1 aromatic rings. The SMILES string of the molecule is COC(CNC1c2ccccc2OC1(C)C)OC. The lowest BCUT2D eigenvalue weighted by molar-refractivity contribution is -0.102. The maximum absolute atomic E-state index is 5.96. The van der Waals surface area contributed by atoms with Crippen molar-refractivity contribution in [2.45, 2.75) is 31.8 Å². The molecule has 0 saturated carbocycles. The van der Waals surface area contributed by atoms with E-state index >= 15 is 0 Å². The Labute approximate surface area is 108 Å². The molecule has 1 heterocycles. The molecule has 1 atom stereocenters. The summed E-state index contributed by atoms with van der Waals surface area (Å²) in [6.45, 7) is 4.79. The second-order valence-corrected chi connectivity index (χ2v) is 4.99. The Morgan fingerprint density at radius 3 is 2.61 bits per heavy atom. The molecule has 1 N–H and O–H groups in total. The number of hydrogen-bond acceptors (Lipinski definition) is 4. The highest BCUT2D eigenvalue weighted by atomic mass is 16.7. The van der Waals surface area contributed by atoms with Gasteiger partial charge in [0.1, 0.15) is 11.4 Å². The molecule has 4 nitrogen and oxygen atoms in total. The molecular formula is C14H21NO3. The van der Waals surface area contributed by atoms with Crippen LogP contribution in [0.2, 0.25) is 0 Å². The quantitative estimate of drug-likeness (QED) is 0.814. The Bertz CT molecular complexity index is 402. The van der Waals surface area contributed by atoms with Gasteiger partial charge in [0, 0.05) is 26.3 Å². The summed E-state index contributed by atoms with van der Waals surface area (Å²) in [5, 5.41) is 3.46. The van der Waals surface area contributed by atoms with E-state index in [9.17, 15) is 0 Å². The van der Waals surface area contributed by atoms with Crippen LogP contribution in [-0.2, 0) is 9.47 Å². The van der Waals surface area contributed by atoms with Crippen LogP contribution in [0.5, 0.6) is 5.75 Å². The molecule has 100 valence electrons. The van der Waals surface area contributed by atoms with Gasteiger partial charge < -0.3 is 19.5 Å². The van der Waals surface area contributed by atoms with Crippen LogP contribution in [0.4, 0.5) is 0 Å². The standard InChI is InChI=1S/C14H21NO3/c1-14(2)13(15-9-12(16-3)17-4)10-7-5-6-8-11(10)18-14/h5-8,12-13,15H,9H2,1-4H3. The van der Waals surface area contributed by atoms with Gasteiger partial charge in [-0.1, -0.05) is 18.2 Å². The van der Waals surface area contributed by atoms with Gasteiger partial charge in [-0.15, -0.1) is 0 Å². The first-order chi connectivity index (χ1) is 8.58. The van der Waals surface area contributed by atoms with Gasteiger partial charge in [0.25, 0.3) is 0 Å². The topological polar surface area (TPSA) is 39.7 Å². The van der Waals surface area contributed by atoms with Crippen molar-refractivity contribution in [1.29, 1.82) is 0 Å². The molecule has 1 aliphatic rings. The number of nitrogens with one attached hydrogen (secondary N) is 1. The van der Waals surface area contributed by atoms with Crippen LogP contribution in [-0.4, -0.2) is 32.7 Å². The third kappa shape index (κ3) is 2.51.